The zero-order valence-electron chi connectivity index (χ0n) is 16.3. The number of hydrogen-bond donors (Lipinski definition) is 1. The molecule has 1 amide bonds. The van der Waals surface area contributed by atoms with E-state index in [1.54, 1.807) is 16.5 Å². The number of amides is 1. The smallest absolute Gasteiger partial charge is 0.234 e. The van der Waals surface area contributed by atoms with Crippen molar-refractivity contribution in [1.29, 1.82) is 0 Å². The summed E-state index contributed by atoms with van der Waals surface area (Å²) < 4.78 is 35.8. The van der Waals surface area contributed by atoms with Gasteiger partial charge >= 0.3 is 0 Å². The Hall–Kier alpha value is -3.66. The zero-order valence-corrected chi connectivity index (χ0v) is 17.1. The second-order valence-electron chi connectivity index (χ2n) is 6.34. The van der Waals surface area contributed by atoms with Gasteiger partial charge in [0.05, 0.1) is 24.1 Å². The third-order valence-electron chi connectivity index (χ3n) is 4.32. The predicted molar refractivity (Wildman–Crippen MR) is 113 cm³/mol. The zero-order chi connectivity index (χ0) is 21.8. The molecule has 0 bridgehead atoms. The van der Waals surface area contributed by atoms with Gasteiger partial charge in [-0.25, -0.2) is 13.5 Å². The lowest BCUT2D eigenvalue weighted by atomic mass is 10.2. The van der Waals surface area contributed by atoms with Crippen LogP contribution in [0.4, 0.5) is 14.5 Å². The van der Waals surface area contributed by atoms with Gasteiger partial charge < -0.3 is 10.1 Å². The first-order valence-corrected chi connectivity index (χ1v) is 10.2. The summed E-state index contributed by atoms with van der Waals surface area (Å²) in [6.45, 7) is 0. The minimum atomic E-state index is -0.840. The largest absolute Gasteiger partial charge is 0.496 e. The van der Waals surface area contributed by atoms with Gasteiger partial charge in [-0.15, -0.1) is 10.2 Å². The van der Waals surface area contributed by atoms with Crippen molar-refractivity contribution in [2.75, 3.05) is 18.2 Å². The van der Waals surface area contributed by atoms with Crippen LogP contribution in [0.2, 0.25) is 0 Å². The van der Waals surface area contributed by atoms with Crippen LogP contribution in [-0.4, -0.2) is 38.3 Å². The van der Waals surface area contributed by atoms with Crippen molar-refractivity contribution in [2.45, 2.75) is 5.16 Å². The molecule has 0 aliphatic rings. The molecule has 31 heavy (non-hydrogen) atoms. The van der Waals surface area contributed by atoms with Crippen LogP contribution in [-0.2, 0) is 4.79 Å². The van der Waals surface area contributed by atoms with Crippen molar-refractivity contribution in [3.8, 4) is 17.1 Å². The molecule has 0 saturated heterocycles. The molecule has 2 aromatic carbocycles. The SMILES string of the molecule is COc1ccccc1-c1nnc(SCC(=O)Nc2ccc(F)cc2F)n1-n1cccc1. The van der Waals surface area contributed by atoms with Crippen molar-refractivity contribution >= 4 is 23.4 Å². The van der Waals surface area contributed by atoms with Crippen molar-refractivity contribution < 1.29 is 18.3 Å². The Morgan fingerprint density at radius 1 is 1.10 bits per heavy atom. The quantitative estimate of drug-likeness (QED) is 0.438. The average Bonchev–Trinajstić information content (AvgIpc) is 3.43. The van der Waals surface area contributed by atoms with Crippen LogP contribution in [0.5, 0.6) is 5.75 Å². The van der Waals surface area contributed by atoms with E-state index in [1.807, 2.05) is 48.8 Å². The Morgan fingerprint density at radius 2 is 1.87 bits per heavy atom. The van der Waals surface area contributed by atoms with E-state index in [2.05, 4.69) is 15.5 Å². The molecular formula is C21H17F2N5O2S. The number of rotatable bonds is 7. The van der Waals surface area contributed by atoms with Gasteiger partial charge in [-0.1, -0.05) is 23.9 Å². The highest BCUT2D eigenvalue weighted by molar-refractivity contribution is 7.99. The standard InChI is InChI=1S/C21H17F2N5O2S/c1-30-18-7-3-2-6-15(18)20-25-26-21(28(20)27-10-4-5-11-27)31-13-19(29)24-17-9-8-14(22)12-16(17)23/h2-12H,13H2,1H3,(H,24,29). The highest BCUT2D eigenvalue weighted by Gasteiger charge is 2.19. The number of anilines is 1. The summed E-state index contributed by atoms with van der Waals surface area (Å²) in [5.41, 5.74) is 0.643. The molecule has 158 valence electrons. The van der Waals surface area contributed by atoms with Gasteiger partial charge in [-0.3, -0.25) is 9.47 Å². The molecule has 2 heterocycles. The van der Waals surface area contributed by atoms with Crippen LogP contribution in [0.15, 0.2) is 72.1 Å². The second kappa shape index (κ2) is 9.00. The number of aromatic nitrogens is 4. The van der Waals surface area contributed by atoms with Crippen molar-refractivity contribution in [3.05, 3.63) is 78.6 Å². The van der Waals surface area contributed by atoms with Gasteiger partial charge in [0.2, 0.25) is 11.1 Å². The molecule has 0 saturated carbocycles. The number of nitrogens with one attached hydrogen (secondary N) is 1. The van der Waals surface area contributed by atoms with E-state index in [4.69, 9.17) is 4.74 Å². The van der Waals surface area contributed by atoms with E-state index in [1.165, 1.54) is 6.07 Å². The molecule has 0 unspecified atom stereocenters. The summed E-state index contributed by atoms with van der Waals surface area (Å²) in [6.07, 6.45) is 3.64. The normalized spacial score (nSPS) is 10.8. The Kier molecular flexibility index (Phi) is 5.99. The van der Waals surface area contributed by atoms with Gasteiger partial charge in [0.15, 0.2) is 5.82 Å². The van der Waals surface area contributed by atoms with Gasteiger partial charge in [0.1, 0.15) is 17.4 Å². The van der Waals surface area contributed by atoms with E-state index in [9.17, 15) is 13.6 Å². The van der Waals surface area contributed by atoms with Crippen LogP contribution >= 0.6 is 11.8 Å². The number of methoxy groups -OCH3 is 1. The molecule has 4 rings (SSSR count). The number of thioether (sulfide) groups is 1. The third kappa shape index (κ3) is 4.43. The fraction of sp³-hybridized carbons (Fsp3) is 0.0952. The molecule has 1 N–H and O–H groups in total. The summed E-state index contributed by atoms with van der Waals surface area (Å²) in [7, 11) is 1.57. The van der Waals surface area contributed by atoms with Gasteiger partial charge in [-0.2, -0.15) is 0 Å². The number of nitrogens with zero attached hydrogens (tertiary/aromatic N) is 4. The van der Waals surface area contributed by atoms with E-state index in [-0.39, 0.29) is 11.4 Å². The number of carbonyl (C=O) groups is 1. The Balaban J connectivity index is 1.59. The highest BCUT2D eigenvalue weighted by atomic mass is 32.2. The molecule has 0 aliphatic heterocycles. The molecule has 0 spiro atoms. The molecule has 10 heteroatoms. The minimum absolute atomic E-state index is 0.0534. The van der Waals surface area contributed by atoms with Gasteiger partial charge in [-0.05, 0) is 36.4 Å². The summed E-state index contributed by atoms with van der Waals surface area (Å²) >= 11 is 1.13. The number of ether oxygens (including phenoxy) is 1. The van der Waals surface area contributed by atoms with E-state index in [0.717, 1.165) is 23.4 Å². The molecular weight excluding hydrogens is 424 g/mol. The Labute approximate surface area is 180 Å². The molecule has 7 nitrogen and oxygen atoms in total. The lowest BCUT2D eigenvalue weighted by molar-refractivity contribution is -0.113. The predicted octanol–water partition coefficient (Wildman–Crippen LogP) is 4.08. The van der Waals surface area contributed by atoms with Crippen LogP contribution in [0.1, 0.15) is 0 Å². The topological polar surface area (TPSA) is 74.0 Å². The lowest BCUT2D eigenvalue weighted by Gasteiger charge is -2.13. The maximum atomic E-state index is 13.8. The first-order chi connectivity index (χ1) is 15.1. The molecule has 2 aromatic heterocycles. The van der Waals surface area contributed by atoms with Crippen LogP contribution in [0.3, 0.4) is 0 Å². The molecule has 0 fully saturated rings. The maximum Gasteiger partial charge on any atom is 0.234 e. The number of hydrogen-bond acceptors (Lipinski definition) is 5. The van der Waals surface area contributed by atoms with Gasteiger partial charge in [0.25, 0.3) is 0 Å². The molecule has 4 aromatic rings. The summed E-state index contributed by atoms with van der Waals surface area (Å²) in [4.78, 5) is 12.3. The fourth-order valence-corrected chi connectivity index (χ4v) is 3.66. The van der Waals surface area contributed by atoms with Crippen LogP contribution in [0.25, 0.3) is 11.4 Å². The fourth-order valence-electron chi connectivity index (χ4n) is 2.93. The first kappa shape index (κ1) is 20.6. The monoisotopic (exact) mass is 441 g/mol. The number of benzene rings is 2. The number of para-hydroxylation sites is 1. The van der Waals surface area contributed by atoms with Crippen molar-refractivity contribution in [1.82, 2.24) is 19.5 Å². The van der Waals surface area contributed by atoms with E-state index < -0.39 is 17.5 Å². The second-order valence-corrected chi connectivity index (χ2v) is 7.28. The first-order valence-electron chi connectivity index (χ1n) is 9.17. The van der Waals surface area contributed by atoms with Crippen LogP contribution in [0, 0.1) is 11.6 Å². The van der Waals surface area contributed by atoms with Gasteiger partial charge in [0, 0.05) is 18.5 Å². The van der Waals surface area contributed by atoms with E-state index in [0.29, 0.717) is 22.8 Å². The van der Waals surface area contributed by atoms with Crippen molar-refractivity contribution in [3.63, 3.8) is 0 Å². The lowest BCUT2D eigenvalue weighted by Crippen LogP contribution is -2.16. The van der Waals surface area contributed by atoms with E-state index >= 15 is 0 Å². The highest BCUT2D eigenvalue weighted by Crippen LogP contribution is 2.31. The summed E-state index contributed by atoms with van der Waals surface area (Å²) in [5, 5.41) is 11.4. The molecule has 0 atom stereocenters. The number of carbonyl (C=O) groups excluding carboxylic acids is 1. The Bertz CT molecular complexity index is 1210. The average molecular weight is 441 g/mol. The molecule has 0 aliphatic carbocycles. The summed E-state index contributed by atoms with van der Waals surface area (Å²) in [6, 6.07) is 14.1. The Morgan fingerprint density at radius 3 is 2.61 bits per heavy atom. The minimum Gasteiger partial charge on any atom is -0.496 e. The number of halogens is 2. The third-order valence-corrected chi connectivity index (χ3v) is 5.24. The molecule has 0 radical (unpaired) electrons. The van der Waals surface area contributed by atoms with Crippen LogP contribution < -0.4 is 10.1 Å². The maximum absolute atomic E-state index is 13.8. The summed E-state index contributed by atoms with van der Waals surface area (Å²) in [5.74, 6) is -0.912. The van der Waals surface area contributed by atoms with Crippen molar-refractivity contribution in [2.24, 2.45) is 0 Å².